The molecule has 0 amide bonds. The maximum Gasteiger partial charge on any atom is 0.335 e. The topological polar surface area (TPSA) is 50.2 Å². The minimum atomic E-state index is -0.927. The average Bonchev–Trinajstić information content (AvgIpc) is 2.69. The molecular formula is C24H27NO2. The Morgan fingerprint density at radius 2 is 1.96 bits per heavy atom. The highest BCUT2D eigenvalue weighted by atomic mass is 16.4. The molecule has 0 bridgehead atoms. The first-order valence-corrected chi connectivity index (χ1v) is 9.69. The quantitative estimate of drug-likeness (QED) is 0.685. The van der Waals surface area contributed by atoms with Gasteiger partial charge in [0.05, 0.1) is 11.3 Å². The molecule has 2 aromatic rings. The zero-order valence-corrected chi connectivity index (χ0v) is 16.2. The normalized spacial score (nSPS) is 14.4. The van der Waals surface area contributed by atoms with Gasteiger partial charge in [0, 0.05) is 6.20 Å². The van der Waals surface area contributed by atoms with Gasteiger partial charge in [-0.25, -0.2) is 4.79 Å². The molecule has 1 aromatic carbocycles. The van der Waals surface area contributed by atoms with Gasteiger partial charge >= 0.3 is 5.97 Å². The number of hydrogen-bond acceptors (Lipinski definition) is 2. The molecule has 3 rings (SSSR count). The lowest BCUT2D eigenvalue weighted by molar-refractivity contribution is 0.0696. The van der Waals surface area contributed by atoms with E-state index >= 15 is 0 Å². The van der Waals surface area contributed by atoms with Gasteiger partial charge in [0.15, 0.2) is 0 Å². The Morgan fingerprint density at radius 1 is 1.19 bits per heavy atom. The number of carboxylic acids is 1. The molecule has 0 radical (unpaired) electrons. The zero-order chi connectivity index (χ0) is 19.2. The molecule has 0 unspecified atom stereocenters. The fourth-order valence-corrected chi connectivity index (χ4v) is 3.77. The molecular weight excluding hydrogens is 334 g/mol. The number of aromatic carboxylic acids is 1. The average molecular weight is 361 g/mol. The lowest BCUT2D eigenvalue weighted by Crippen LogP contribution is -2.08. The molecule has 0 atom stereocenters. The second-order valence-electron chi connectivity index (χ2n) is 7.26. The molecule has 1 aliphatic carbocycles. The second-order valence-corrected chi connectivity index (χ2v) is 7.26. The number of pyridine rings is 1. The molecule has 0 saturated carbocycles. The van der Waals surface area contributed by atoms with Gasteiger partial charge in [-0.05, 0) is 92.3 Å². The standard InChI is InChI=1S/C24H27NO2/c1-17-12-13-19(22-11-7-6-10-21(17)22)9-5-3-4-8-18(2)23-16-20(24(26)27)14-15-25-23/h3-4,8,12-16H,5-7,9-11H2,1-2H3,(H,26,27)/b4-3-,18-8+. The highest BCUT2D eigenvalue weighted by molar-refractivity contribution is 5.88. The van der Waals surface area contributed by atoms with Crippen LogP contribution in [0.3, 0.4) is 0 Å². The summed E-state index contributed by atoms with van der Waals surface area (Å²) >= 11 is 0. The van der Waals surface area contributed by atoms with Crippen LogP contribution >= 0.6 is 0 Å². The van der Waals surface area contributed by atoms with E-state index in [1.165, 1.54) is 42.9 Å². The van der Waals surface area contributed by atoms with Gasteiger partial charge in [-0.3, -0.25) is 4.98 Å². The summed E-state index contributed by atoms with van der Waals surface area (Å²) in [6.45, 7) is 4.18. The van der Waals surface area contributed by atoms with Crippen LogP contribution in [0.5, 0.6) is 0 Å². The van der Waals surface area contributed by atoms with E-state index in [2.05, 4.69) is 30.1 Å². The number of aryl methyl sites for hydroxylation is 2. The number of carbonyl (C=O) groups is 1. The van der Waals surface area contributed by atoms with Gasteiger partial charge in [0.25, 0.3) is 0 Å². The first kappa shape index (κ1) is 19.1. The number of rotatable bonds is 6. The number of nitrogens with zero attached hydrogens (tertiary/aromatic N) is 1. The molecule has 0 aliphatic heterocycles. The Labute approximate surface area is 161 Å². The van der Waals surface area contributed by atoms with Crippen LogP contribution in [0.2, 0.25) is 0 Å². The zero-order valence-electron chi connectivity index (χ0n) is 16.2. The third kappa shape index (κ3) is 4.73. The van der Waals surface area contributed by atoms with E-state index in [4.69, 9.17) is 5.11 Å². The summed E-state index contributed by atoms with van der Waals surface area (Å²) in [5, 5.41) is 9.09. The Kier molecular flexibility index (Phi) is 6.23. The van der Waals surface area contributed by atoms with Crippen molar-refractivity contribution in [3.63, 3.8) is 0 Å². The third-order valence-corrected chi connectivity index (χ3v) is 5.34. The molecule has 0 saturated heterocycles. The van der Waals surface area contributed by atoms with E-state index in [1.54, 1.807) is 23.4 Å². The molecule has 3 heteroatoms. The maximum atomic E-state index is 11.1. The van der Waals surface area contributed by atoms with Crippen LogP contribution < -0.4 is 0 Å². The fourth-order valence-electron chi connectivity index (χ4n) is 3.77. The molecule has 1 aliphatic rings. The number of aromatic nitrogens is 1. The molecule has 1 heterocycles. The van der Waals surface area contributed by atoms with E-state index in [1.807, 2.05) is 19.1 Å². The summed E-state index contributed by atoms with van der Waals surface area (Å²) in [6, 6.07) is 7.70. The van der Waals surface area contributed by atoms with Crippen LogP contribution in [0.15, 0.2) is 48.7 Å². The Balaban J connectivity index is 1.62. The van der Waals surface area contributed by atoms with Crippen molar-refractivity contribution in [1.82, 2.24) is 4.98 Å². The van der Waals surface area contributed by atoms with E-state index in [9.17, 15) is 4.79 Å². The van der Waals surface area contributed by atoms with Gasteiger partial charge < -0.3 is 5.11 Å². The van der Waals surface area contributed by atoms with Crippen molar-refractivity contribution in [3.05, 3.63) is 82.2 Å². The summed E-state index contributed by atoms with van der Waals surface area (Å²) in [7, 11) is 0. The minimum Gasteiger partial charge on any atom is -0.478 e. The fraction of sp³-hybridized carbons (Fsp3) is 0.333. The van der Waals surface area contributed by atoms with Gasteiger partial charge in [-0.1, -0.05) is 30.4 Å². The number of allylic oxidation sites excluding steroid dienone is 4. The molecule has 3 nitrogen and oxygen atoms in total. The number of benzene rings is 1. The summed E-state index contributed by atoms with van der Waals surface area (Å²) in [6.07, 6.45) is 14.9. The van der Waals surface area contributed by atoms with E-state index in [0.717, 1.165) is 18.4 Å². The molecule has 0 spiro atoms. The molecule has 140 valence electrons. The molecule has 1 aromatic heterocycles. The van der Waals surface area contributed by atoms with Crippen LogP contribution in [0.25, 0.3) is 5.57 Å². The van der Waals surface area contributed by atoms with Crippen LogP contribution in [0.1, 0.15) is 64.5 Å². The van der Waals surface area contributed by atoms with E-state index in [0.29, 0.717) is 5.69 Å². The van der Waals surface area contributed by atoms with Gasteiger partial charge in [0.2, 0.25) is 0 Å². The number of fused-ring (bicyclic) bond motifs is 1. The van der Waals surface area contributed by atoms with Crippen molar-refractivity contribution in [1.29, 1.82) is 0 Å². The lowest BCUT2D eigenvalue weighted by Gasteiger charge is -2.21. The van der Waals surface area contributed by atoms with Crippen LogP contribution in [0, 0.1) is 6.92 Å². The Morgan fingerprint density at radius 3 is 2.74 bits per heavy atom. The van der Waals surface area contributed by atoms with Crippen molar-refractivity contribution in [3.8, 4) is 0 Å². The van der Waals surface area contributed by atoms with Crippen molar-refractivity contribution >= 4 is 11.5 Å². The van der Waals surface area contributed by atoms with Crippen molar-refractivity contribution < 1.29 is 9.90 Å². The first-order chi connectivity index (χ1) is 13.1. The van der Waals surface area contributed by atoms with Gasteiger partial charge in [0.1, 0.15) is 0 Å². The third-order valence-electron chi connectivity index (χ3n) is 5.34. The molecule has 0 fully saturated rings. The Bertz CT molecular complexity index is 893. The van der Waals surface area contributed by atoms with E-state index < -0.39 is 5.97 Å². The summed E-state index contributed by atoms with van der Waals surface area (Å²) < 4.78 is 0. The van der Waals surface area contributed by atoms with Crippen molar-refractivity contribution in [2.24, 2.45) is 0 Å². The molecule has 1 N–H and O–H groups in total. The van der Waals surface area contributed by atoms with Crippen molar-refractivity contribution in [2.45, 2.75) is 52.4 Å². The smallest absolute Gasteiger partial charge is 0.335 e. The predicted molar refractivity (Wildman–Crippen MR) is 110 cm³/mol. The maximum absolute atomic E-state index is 11.1. The SMILES string of the molecule is C/C(=C\C=C/CCc1ccc(C)c2c1CCCC2)c1cc(C(=O)O)ccn1. The molecule has 27 heavy (non-hydrogen) atoms. The van der Waals surface area contributed by atoms with E-state index in [-0.39, 0.29) is 5.56 Å². The predicted octanol–water partition coefficient (Wildman–Crippen LogP) is 5.56. The van der Waals surface area contributed by atoms with Gasteiger partial charge in [-0.15, -0.1) is 0 Å². The van der Waals surface area contributed by atoms with Crippen LogP contribution in [-0.4, -0.2) is 16.1 Å². The highest BCUT2D eigenvalue weighted by Gasteiger charge is 2.14. The van der Waals surface area contributed by atoms with Crippen molar-refractivity contribution in [2.75, 3.05) is 0 Å². The first-order valence-electron chi connectivity index (χ1n) is 9.69. The van der Waals surface area contributed by atoms with Crippen LogP contribution in [0.4, 0.5) is 0 Å². The largest absolute Gasteiger partial charge is 0.478 e. The lowest BCUT2D eigenvalue weighted by atomic mass is 9.84. The van der Waals surface area contributed by atoms with Crippen LogP contribution in [-0.2, 0) is 19.3 Å². The number of carboxylic acid groups (broad SMARTS) is 1. The van der Waals surface area contributed by atoms with Gasteiger partial charge in [-0.2, -0.15) is 0 Å². The summed E-state index contributed by atoms with van der Waals surface area (Å²) in [4.78, 5) is 15.3. The highest BCUT2D eigenvalue weighted by Crippen LogP contribution is 2.28. The summed E-state index contributed by atoms with van der Waals surface area (Å²) in [5.41, 5.74) is 8.05. The second kappa shape index (κ2) is 8.81. The monoisotopic (exact) mass is 361 g/mol. The minimum absolute atomic E-state index is 0.265. The number of hydrogen-bond donors (Lipinski definition) is 1. The summed E-state index contributed by atoms with van der Waals surface area (Å²) in [5.74, 6) is -0.927. The Hall–Kier alpha value is -2.68.